The maximum absolute atomic E-state index is 12.7. The molecular weight excluding hydrogens is 354 g/mol. The third-order valence-corrected chi connectivity index (χ3v) is 5.43. The van der Waals surface area contributed by atoms with Crippen LogP contribution in [0, 0.1) is 0 Å². The Hall–Kier alpha value is -3.48. The molecule has 7 nitrogen and oxygen atoms in total. The third kappa shape index (κ3) is 2.85. The number of nitrogens with one attached hydrogen (secondary N) is 2. The van der Waals surface area contributed by atoms with Crippen LogP contribution >= 0.6 is 0 Å². The standard InChI is InChI=1S/C21H21N5O2/c27-20(14-15-5-6-17-16(13-15)7-8-22-17)24-9-11-25(12-10-24)26-19-4-2-1-3-18(19)23-21(26)28/h1-8,13,22H,9-12,14H2,(H,23,28). The third-order valence-electron chi connectivity index (χ3n) is 5.43. The zero-order valence-electron chi connectivity index (χ0n) is 15.4. The highest BCUT2D eigenvalue weighted by molar-refractivity contribution is 5.83. The number of aromatic nitrogens is 3. The van der Waals surface area contributed by atoms with E-state index in [4.69, 9.17) is 0 Å². The number of hydrogen-bond acceptors (Lipinski definition) is 3. The van der Waals surface area contributed by atoms with Crippen LogP contribution in [0.25, 0.3) is 21.9 Å². The molecule has 0 unspecified atom stereocenters. The zero-order chi connectivity index (χ0) is 19.1. The van der Waals surface area contributed by atoms with Gasteiger partial charge in [0.1, 0.15) is 0 Å². The summed E-state index contributed by atoms with van der Waals surface area (Å²) in [5, 5.41) is 3.13. The Labute approximate surface area is 161 Å². The van der Waals surface area contributed by atoms with E-state index in [1.54, 1.807) is 4.68 Å². The molecule has 1 aliphatic rings. The van der Waals surface area contributed by atoms with Gasteiger partial charge in [-0.2, -0.15) is 0 Å². The fourth-order valence-corrected chi connectivity index (χ4v) is 3.97. The van der Waals surface area contributed by atoms with Crippen molar-refractivity contribution < 1.29 is 4.79 Å². The van der Waals surface area contributed by atoms with E-state index >= 15 is 0 Å². The van der Waals surface area contributed by atoms with Crippen LogP contribution in [-0.2, 0) is 11.2 Å². The predicted octanol–water partition coefficient (Wildman–Crippen LogP) is 1.83. The predicted molar refractivity (Wildman–Crippen MR) is 109 cm³/mol. The van der Waals surface area contributed by atoms with Crippen molar-refractivity contribution in [2.75, 3.05) is 31.2 Å². The molecule has 2 aromatic heterocycles. The van der Waals surface area contributed by atoms with Gasteiger partial charge in [0.05, 0.1) is 30.5 Å². The van der Waals surface area contributed by atoms with E-state index in [1.807, 2.05) is 58.6 Å². The quantitative estimate of drug-likeness (QED) is 0.574. The number of fused-ring (bicyclic) bond motifs is 2. The fraction of sp³-hybridized carbons (Fsp3) is 0.238. The highest BCUT2D eigenvalue weighted by Gasteiger charge is 2.23. The van der Waals surface area contributed by atoms with Crippen molar-refractivity contribution in [1.82, 2.24) is 19.5 Å². The molecule has 5 rings (SSSR count). The first-order valence-electron chi connectivity index (χ1n) is 9.48. The lowest BCUT2D eigenvalue weighted by Crippen LogP contribution is -2.55. The molecule has 28 heavy (non-hydrogen) atoms. The van der Waals surface area contributed by atoms with Crippen molar-refractivity contribution in [3.63, 3.8) is 0 Å². The smallest absolute Gasteiger partial charge is 0.345 e. The van der Waals surface area contributed by atoms with Gasteiger partial charge in [-0.15, -0.1) is 0 Å². The maximum atomic E-state index is 12.7. The van der Waals surface area contributed by atoms with Crippen LogP contribution in [0.2, 0.25) is 0 Å². The van der Waals surface area contributed by atoms with Gasteiger partial charge in [-0.3, -0.25) is 4.79 Å². The molecule has 3 heterocycles. The Balaban J connectivity index is 1.28. The van der Waals surface area contributed by atoms with Gasteiger partial charge in [0.2, 0.25) is 5.91 Å². The van der Waals surface area contributed by atoms with Crippen LogP contribution in [0.1, 0.15) is 5.56 Å². The van der Waals surface area contributed by atoms with Crippen molar-refractivity contribution >= 4 is 27.8 Å². The number of imidazole rings is 1. The first-order chi connectivity index (χ1) is 13.7. The highest BCUT2D eigenvalue weighted by atomic mass is 16.2. The monoisotopic (exact) mass is 375 g/mol. The molecule has 0 spiro atoms. The maximum Gasteiger partial charge on any atom is 0.345 e. The number of carbonyl (C=O) groups is 1. The number of H-pyrrole nitrogens is 2. The molecule has 0 atom stereocenters. The lowest BCUT2D eigenvalue weighted by atomic mass is 10.1. The van der Waals surface area contributed by atoms with Crippen molar-refractivity contribution in [1.29, 1.82) is 0 Å². The number of carbonyl (C=O) groups excluding carboxylic acids is 1. The van der Waals surface area contributed by atoms with Crippen molar-refractivity contribution in [2.45, 2.75) is 6.42 Å². The fourth-order valence-electron chi connectivity index (χ4n) is 3.97. The molecule has 2 N–H and O–H groups in total. The minimum Gasteiger partial charge on any atom is -0.361 e. The molecule has 2 aromatic carbocycles. The molecule has 7 heteroatoms. The second kappa shape index (κ2) is 6.60. The van der Waals surface area contributed by atoms with Crippen molar-refractivity contribution in [3.05, 3.63) is 70.8 Å². The van der Waals surface area contributed by atoms with Crippen LogP contribution in [0.4, 0.5) is 0 Å². The number of nitrogens with zero attached hydrogens (tertiary/aromatic N) is 3. The van der Waals surface area contributed by atoms with Crippen LogP contribution in [0.3, 0.4) is 0 Å². The second-order valence-corrected chi connectivity index (χ2v) is 7.17. The van der Waals surface area contributed by atoms with Gasteiger partial charge in [0, 0.05) is 24.8 Å². The number of piperazine rings is 1. The lowest BCUT2D eigenvalue weighted by molar-refractivity contribution is -0.130. The average molecular weight is 375 g/mol. The molecule has 0 aliphatic carbocycles. The number of hydrogen-bond donors (Lipinski definition) is 2. The number of para-hydroxylation sites is 2. The molecule has 142 valence electrons. The van der Waals surface area contributed by atoms with Crippen LogP contribution in [-0.4, -0.2) is 51.6 Å². The van der Waals surface area contributed by atoms with Crippen molar-refractivity contribution in [3.8, 4) is 0 Å². The number of aromatic amines is 2. The molecule has 0 radical (unpaired) electrons. The van der Waals surface area contributed by atoms with Gasteiger partial charge in [0.25, 0.3) is 0 Å². The molecule has 0 bridgehead atoms. The summed E-state index contributed by atoms with van der Waals surface area (Å²) in [4.78, 5) is 33.0. The minimum atomic E-state index is -0.138. The molecule has 1 fully saturated rings. The Morgan fingerprint density at radius 1 is 0.964 bits per heavy atom. The average Bonchev–Trinajstić information content (AvgIpc) is 3.31. The van der Waals surface area contributed by atoms with Crippen LogP contribution in [0.5, 0.6) is 0 Å². The molecule has 0 saturated carbocycles. The largest absolute Gasteiger partial charge is 0.361 e. The van der Waals surface area contributed by atoms with Gasteiger partial charge in [0.15, 0.2) is 0 Å². The topological polar surface area (TPSA) is 77.1 Å². The summed E-state index contributed by atoms with van der Waals surface area (Å²) < 4.78 is 1.69. The van der Waals surface area contributed by atoms with E-state index < -0.39 is 0 Å². The molecule has 1 aliphatic heterocycles. The van der Waals surface area contributed by atoms with Crippen LogP contribution < -0.4 is 10.7 Å². The molecule has 1 amide bonds. The van der Waals surface area contributed by atoms with Gasteiger partial charge < -0.3 is 19.9 Å². The van der Waals surface area contributed by atoms with Gasteiger partial charge in [-0.25, -0.2) is 9.47 Å². The first-order valence-corrected chi connectivity index (χ1v) is 9.48. The first kappa shape index (κ1) is 16.7. The molecular formula is C21H21N5O2. The number of benzene rings is 2. The second-order valence-electron chi connectivity index (χ2n) is 7.17. The van der Waals surface area contributed by atoms with Gasteiger partial charge in [-0.1, -0.05) is 18.2 Å². The van der Waals surface area contributed by atoms with E-state index in [9.17, 15) is 9.59 Å². The normalized spacial score (nSPS) is 14.9. The highest BCUT2D eigenvalue weighted by Crippen LogP contribution is 2.16. The number of rotatable bonds is 3. The summed E-state index contributed by atoms with van der Waals surface area (Å²) in [7, 11) is 0. The number of amides is 1. The molecule has 1 saturated heterocycles. The Morgan fingerprint density at radius 2 is 1.79 bits per heavy atom. The SMILES string of the molecule is O=C(Cc1ccc2[nH]ccc2c1)N1CCN(n2c(=O)[nH]c3ccccc32)CC1. The minimum absolute atomic E-state index is 0.126. The Morgan fingerprint density at radius 3 is 2.64 bits per heavy atom. The Kier molecular flexibility index (Phi) is 3.93. The van der Waals surface area contributed by atoms with E-state index in [1.165, 1.54) is 0 Å². The summed E-state index contributed by atoms with van der Waals surface area (Å²) in [6.45, 7) is 2.48. The zero-order valence-corrected chi connectivity index (χ0v) is 15.4. The Bertz CT molecular complexity index is 1210. The van der Waals surface area contributed by atoms with E-state index in [0.29, 0.717) is 32.6 Å². The van der Waals surface area contributed by atoms with Crippen molar-refractivity contribution in [2.24, 2.45) is 0 Å². The van der Waals surface area contributed by atoms with Crippen LogP contribution in [0.15, 0.2) is 59.5 Å². The molecule has 4 aromatic rings. The van der Waals surface area contributed by atoms with E-state index in [0.717, 1.165) is 27.5 Å². The summed E-state index contributed by atoms with van der Waals surface area (Å²) in [5.41, 5.74) is 3.65. The van der Waals surface area contributed by atoms with Gasteiger partial charge >= 0.3 is 5.69 Å². The van der Waals surface area contributed by atoms with E-state index in [2.05, 4.69) is 16.0 Å². The summed E-state index contributed by atoms with van der Waals surface area (Å²) in [5.74, 6) is 0.126. The summed E-state index contributed by atoms with van der Waals surface area (Å²) in [6, 6.07) is 15.7. The summed E-state index contributed by atoms with van der Waals surface area (Å²) >= 11 is 0. The lowest BCUT2D eigenvalue weighted by Gasteiger charge is -2.36. The van der Waals surface area contributed by atoms with Gasteiger partial charge in [-0.05, 0) is 41.3 Å². The summed E-state index contributed by atoms with van der Waals surface area (Å²) in [6.07, 6.45) is 2.30. The van der Waals surface area contributed by atoms with E-state index in [-0.39, 0.29) is 11.6 Å².